The molecule has 1 N–H and O–H groups in total. The highest BCUT2D eigenvalue weighted by Crippen LogP contribution is 2.27. The molecule has 0 spiro atoms. The van der Waals surface area contributed by atoms with Gasteiger partial charge >= 0.3 is 0 Å². The van der Waals surface area contributed by atoms with Crippen LogP contribution in [0, 0.1) is 0 Å². The van der Waals surface area contributed by atoms with Crippen molar-refractivity contribution >= 4 is 38.9 Å². The molecule has 0 radical (unpaired) electrons. The number of rotatable bonds is 10. The second kappa shape index (κ2) is 10.7. The Morgan fingerprint density at radius 2 is 1.77 bits per heavy atom. The molecule has 1 amide bonds. The molecule has 164 valence electrons. The van der Waals surface area contributed by atoms with E-state index >= 15 is 0 Å². The summed E-state index contributed by atoms with van der Waals surface area (Å²) in [5.74, 6) is -0.0887. The molecular weight excluding hydrogens is 422 g/mol. The summed E-state index contributed by atoms with van der Waals surface area (Å²) in [6.07, 6.45) is 1.32. The number of anilines is 2. The van der Waals surface area contributed by atoms with Gasteiger partial charge < -0.3 is 9.80 Å². The Kier molecular flexibility index (Phi) is 8.55. The van der Waals surface area contributed by atoms with Gasteiger partial charge in [0.15, 0.2) is 0 Å². The summed E-state index contributed by atoms with van der Waals surface area (Å²) in [6.45, 7) is 4.73. The maximum atomic E-state index is 13.2. The third-order valence-electron chi connectivity index (χ3n) is 4.55. The molecule has 2 aromatic rings. The Labute approximate surface area is 184 Å². The summed E-state index contributed by atoms with van der Waals surface area (Å²) >= 11 is 6.24. The number of amides is 1. The molecule has 8 heteroatoms. The SMILES string of the molecule is CCCN(Cc1cc(NS(=O)(=O)CCC)ccc1N(C)C)C(=O)c1ccccc1Cl. The highest BCUT2D eigenvalue weighted by Gasteiger charge is 2.20. The summed E-state index contributed by atoms with van der Waals surface area (Å²) in [5.41, 5.74) is 2.72. The lowest BCUT2D eigenvalue weighted by Crippen LogP contribution is -2.32. The molecule has 6 nitrogen and oxygen atoms in total. The molecule has 0 atom stereocenters. The summed E-state index contributed by atoms with van der Waals surface area (Å²) in [5, 5.41) is 0.414. The zero-order chi connectivity index (χ0) is 22.3. The molecule has 0 saturated carbocycles. The summed E-state index contributed by atoms with van der Waals surface area (Å²) in [6, 6.07) is 12.4. The van der Waals surface area contributed by atoms with E-state index in [0.29, 0.717) is 35.8 Å². The number of nitrogens with zero attached hydrogens (tertiary/aromatic N) is 2. The van der Waals surface area contributed by atoms with Gasteiger partial charge in [-0.05, 0) is 48.7 Å². The molecule has 0 saturated heterocycles. The lowest BCUT2D eigenvalue weighted by molar-refractivity contribution is 0.0743. The smallest absolute Gasteiger partial charge is 0.255 e. The average molecular weight is 452 g/mol. The van der Waals surface area contributed by atoms with Crippen LogP contribution >= 0.6 is 11.6 Å². The monoisotopic (exact) mass is 451 g/mol. The largest absolute Gasteiger partial charge is 0.377 e. The van der Waals surface area contributed by atoms with E-state index in [4.69, 9.17) is 11.6 Å². The quantitative estimate of drug-likeness (QED) is 0.572. The van der Waals surface area contributed by atoms with Crippen molar-refractivity contribution in [3.05, 3.63) is 58.6 Å². The highest BCUT2D eigenvalue weighted by atomic mass is 35.5. The zero-order valence-electron chi connectivity index (χ0n) is 18.0. The van der Waals surface area contributed by atoms with Crippen LogP contribution in [0.15, 0.2) is 42.5 Å². The van der Waals surface area contributed by atoms with E-state index in [1.54, 1.807) is 41.3 Å². The minimum Gasteiger partial charge on any atom is -0.377 e. The number of nitrogens with one attached hydrogen (secondary N) is 1. The molecule has 0 heterocycles. The van der Waals surface area contributed by atoms with Crippen LogP contribution in [0.3, 0.4) is 0 Å². The average Bonchev–Trinajstić information content (AvgIpc) is 2.67. The number of hydrogen-bond donors (Lipinski definition) is 1. The molecule has 0 fully saturated rings. The summed E-state index contributed by atoms with van der Waals surface area (Å²) < 4.78 is 27.0. The molecule has 0 unspecified atom stereocenters. The first-order chi connectivity index (χ1) is 14.2. The van der Waals surface area contributed by atoms with Crippen LogP contribution in [0.2, 0.25) is 5.02 Å². The maximum Gasteiger partial charge on any atom is 0.255 e. The van der Waals surface area contributed by atoms with Crippen molar-refractivity contribution in [2.45, 2.75) is 33.2 Å². The van der Waals surface area contributed by atoms with Crippen LogP contribution in [0.5, 0.6) is 0 Å². The van der Waals surface area contributed by atoms with Crippen molar-refractivity contribution in [2.75, 3.05) is 36.0 Å². The standard InChI is InChI=1S/C22H30ClN3O3S/c1-5-13-26(22(27)19-9-7-8-10-20(19)23)16-17-15-18(11-12-21(17)25(3)4)24-30(28,29)14-6-2/h7-12,15,24H,5-6,13-14,16H2,1-4H3. The second-order valence-corrected chi connectivity index (χ2v) is 9.61. The van der Waals surface area contributed by atoms with Gasteiger partial charge in [-0.25, -0.2) is 8.42 Å². The Balaban J connectivity index is 2.39. The summed E-state index contributed by atoms with van der Waals surface area (Å²) in [7, 11) is 0.433. The lowest BCUT2D eigenvalue weighted by Gasteiger charge is -2.26. The van der Waals surface area contributed by atoms with Crippen molar-refractivity contribution in [2.24, 2.45) is 0 Å². The third-order valence-corrected chi connectivity index (χ3v) is 6.38. The number of sulfonamides is 1. The van der Waals surface area contributed by atoms with Crippen molar-refractivity contribution < 1.29 is 13.2 Å². The van der Waals surface area contributed by atoms with E-state index in [9.17, 15) is 13.2 Å². The molecule has 30 heavy (non-hydrogen) atoms. The fourth-order valence-electron chi connectivity index (χ4n) is 3.24. The minimum atomic E-state index is -3.40. The van der Waals surface area contributed by atoms with Gasteiger partial charge in [-0.2, -0.15) is 0 Å². The second-order valence-electron chi connectivity index (χ2n) is 7.37. The Morgan fingerprint density at radius 3 is 2.37 bits per heavy atom. The van der Waals surface area contributed by atoms with Crippen LogP contribution < -0.4 is 9.62 Å². The Hall–Kier alpha value is -2.25. The van der Waals surface area contributed by atoms with E-state index in [1.165, 1.54) is 0 Å². The third kappa shape index (κ3) is 6.37. The van der Waals surface area contributed by atoms with Gasteiger partial charge in [0.1, 0.15) is 0 Å². The van der Waals surface area contributed by atoms with Crippen molar-refractivity contribution in [3.8, 4) is 0 Å². The van der Waals surface area contributed by atoms with Gasteiger partial charge in [-0.15, -0.1) is 0 Å². The predicted octanol–water partition coefficient (Wildman–Crippen LogP) is 4.61. The van der Waals surface area contributed by atoms with Gasteiger partial charge in [0, 0.05) is 38.6 Å². The molecule has 2 aromatic carbocycles. The number of carbonyl (C=O) groups is 1. The predicted molar refractivity (Wildman–Crippen MR) is 125 cm³/mol. The van der Waals surface area contributed by atoms with Crippen LogP contribution in [0.4, 0.5) is 11.4 Å². The fraction of sp³-hybridized carbons (Fsp3) is 0.409. The normalized spacial score (nSPS) is 11.2. The van der Waals surface area contributed by atoms with Gasteiger partial charge in [0.2, 0.25) is 10.0 Å². The van der Waals surface area contributed by atoms with E-state index in [1.807, 2.05) is 38.9 Å². The van der Waals surface area contributed by atoms with E-state index in [0.717, 1.165) is 17.7 Å². The van der Waals surface area contributed by atoms with Gasteiger partial charge in [0.25, 0.3) is 5.91 Å². The number of hydrogen-bond acceptors (Lipinski definition) is 4. The van der Waals surface area contributed by atoms with Gasteiger partial charge in [0.05, 0.1) is 16.3 Å². The van der Waals surface area contributed by atoms with Crippen molar-refractivity contribution in [1.82, 2.24) is 4.90 Å². The van der Waals surface area contributed by atoms with Gasteiger partial charge in [-0.3, -0.25) is 9.52 Å². The van der Waals surface area contributed by atoms with E-state index in [2.05, 4.69) is 4.72 Å². The highest BCUT2D eigenvalue weighted by molar-refractivity contribution is 7.92. The first kappa shape index (κ1) is 24.0. The molecule has 0 aliphatic rings. The molecule has 0 bridgehead atoms. The molecule has 2 rings (SSSR count). The van der Waals surface area contributed by atoms with Crippen LogP contribution in [0.25, 0.3) is 0 Å². The number of carbonyl (C=O) groups excluding carboxylic acids is 1. The first-order valence-electron chi connectivity index (χ1n) is 10.0. The topological polar surface area (TPSA) is 69.7 Å². The molecular formula is C22H30ClN3O3S. The Morgan fingerprint density at radius 1 is 1.07 bits per heavy atom. The van der Waals surface area contributed by atoms with Gasteiger partial charge in [-0.1, -0.05) is 37.6 Å². The van der Waals surface area contributed by atoms with E-state index < -0.39 is 10.0 Å². The molecule has 0 aromatic heterocycles. The molecule has 0 aliphatic heterocycles. The van der Waals surface area contributed by atoms with Crippen LogP contribution in [-0.2, 0) is 16.6 Å². The van der Waals surface area contributed by atoms with Crippen LogP contribution in [0.1, 0.15) is 42.6 Å². The lowest BCUT2D eigenvalue weighted by atomic mass is 10.1. The number of halogens is 1. The van der Waals surface area contributed by atoms with Crippen LogP contribution in [-0.4, -0.2) is 45.6 Å². The number of benzene rings is 2. The minimum absolute atomic E-state index is 0.0602. The molecule has 0 aliphatic carbocycles. The maximum absolute atomic E-state index is 13.2. The first-order valence-corrected chi connectivity index (χ1v) is 12.1. The zero-order valence-corrected chi connectivity index (χ0v) is 19.6. The Bertz CT molecular complexity index is 977. The van der Waals surface area contributed by atoms with Crippen molar-refractivity contribution in [1.29, 1.82) is 0 Å². The summed E-state index contributed by atoms with van der Waals surface area (Å²) in [4.78, 5) is 16.8. The fourth-order valence-corrected chi connectivity index (χ4v) is 4.59. The van der Waals surface area contributed by atoms with E-state index in [-0.39, 0.29) is 11.7 Å². The van der Waals surface area contributed by atoms with Crippen molar-refractivity contribution in [3.63, 3.8) is 0 Å².